The summed E-state index contributed by atoms with van der Waals surface area (Å²) in [4.78, 5) is 0. The first-order valence-electron chi connectivity index (χ1n) is 4.20. The molecule has 3 heteroatoms. The number of nitrogens with zero attached hydrogens (tertiary/aromatic N) is 1. The van der Waals surface area contributed by atoms with Crippen molar-refractivity contribution in [3.8, 4) is 6.07 Å². The van der Waals surface area contributed by atoms with Crippen LogP contribution in [0.3, 0.4) is 0 Å². The quantitative estimate of drug-likeness (QED) is 0.584. The van der Waals surface area contributed by atoms with Crippen LogP contribution < -0.4 is 0 Å². The summed E-state index contributed by atoms with van der Waals surface area (Å²) >= 11 is -1.99. The third kappa shape index (κ3) is 2.78. The molecule has 1 heterocycles. The van der Waals surface area contributed by atoms with Crippen LogP contribution in [0.4, 0.5) is 0 Å². The maximum absolute atomic E-state index is 8.95. The first-order chi connectivity index (χ1) is 6.04. The molecule has 0 radical (unpaired) electrons. The second kappa shape index (κ2) is 3.84. The molecule has 0 saturated carbocycles. The van der Waals surface area contributed by atoms with Crippen LogP contribution in [-0.4, -0.2) is 13.3 Å². The van der Waals surface area contributed by atoms with Gasteiger partial charge in [0.2, 0.25) is 0 Å². The Labute approximate surface area is 81.2 Å². The van der Waals surface area contributed by atoms with Crippen molar-refractivity contribution in [3.05, 3.63) is 28.6 Å². The van der Waals surface area contributed by atoms with Gasteiger partial charge in [-0.2, -0.15) is 0 Å². The van der Waals surface area contributed by atoms with Gasteiger partial charge in [-0.3, -0.25) is 0 Å². The number of nitriles is 1. The molecule has 0 aliphatic carbocycles. The fourth-order valence-electron chi connectivity index (χ4n) is 0.932. The van der Waals surface area contributed by atoms with E-state index in [0.717, 1.165) is 10.2 Å². The number of allylic oxidation sites excluding steroid dienone is 1. The van der Waals surface area contributed by atoms with E-state index in [1.54, 1.807) is 6.26 Å². The van der Waals surface area contributed by atoms with E-state index < -0.39 is 13.3 Å². The molecule has 0 fully saturated rings. The number of furan rings is 1. The van der Waals surface area contributed by atoms with E-state index in [4.69, 9.17) is 9.68 Å². The predicted octanol–water partition coefficient (Wildman–Crippen LogP) is 3.06. The zero-order valence-corrected chi connectivity index (χ0v) is 10.3. The Kier molecular flexibility index (Phi) is 2.99. The normalized spacial score (nSPS) is 12.6. The molecule has 0 amide bonds. The van der Waals surface area contributed by atoms with Crippen LogP contribution in [0.15, 0.2) is 27.2 Å². The van der Waals surface area contributed by atoms with Gasteiger partial charge in [0.25, 0.3) is 0 Å². The molecule has 1 aromatic heterocycles. The van der Waals surface area contributed by atoms with Crippen LogP contribution in [0, 0.1) is 11.3 Å². The molecule has 0 unspecified atom stereocenters. The summed E-state index contributed by atoms with van der Waals surface area (Å²) < 4.78 is 6.08. The van der Waals surface area contributed by atoms with Gasteiger partial charge in [0.1, 0.15) is 0 Å². The van der Waals surface area contributed by atoms with Crippen LogP contribution in [0.5, 0.6) is 0 Å². The van der Waals surface area contributed by atoms with Crippen molar-refractivity contribution < 1.29 is 4.42 Å². The summed E-state index contributed by atoms with van der Waals surface area (Å²) in [5.41, 5.74) is 0. The van der Waals surface area contributed by atoms with Crippen molar-refractivity contribution in [2.45, 2.75) is 17.3 Å². The van der Waals surface area contributed by atoms with Crippen molar-refractivity contribution in [2.24, 2.45) is 0 Å². The topological polar surface area (TPSA) is 36.9 Å². The molecule has 2 nitrogen and oxygen atoms in total. The van der Waals surface area contributed by atoms with Crippen LogP contribution in [-0.2, 0) is 0 Å². The Morgan fingerprint density at radius 2 is 2.23 bits per heavy atom. The van der Waals surface area contributed by atoms with E-state index in [1.165, 1.54) is 0 Å². The fourth-order valence-corrected chi connectivity index (χ4v) is 2.84. The van der Waals surface area contributed by atoms with Gasteiger partial charge in [-0.15, -0.1) is 0 Å². The van der Waals surface area contributed by atoms with Crippen molar-refractivity contribution in [1.82, 2.24) is 0 Å². The zero-order chi connectivity index (χ0) is 9.90. The molecule has 1 aromatic rings. The molecule has 0 aromatic carbocycles. The molecule has 0 bridgehead atoms. The van der Waals surface area contributed by atoms with Gasteiger partial charge in [0, 0.05) is 0 Å². The van der Waals surface area contributed by atoms with E-state index in [-0.39, 0.29) is 0 Å². The molecule has 0 atom stereocenters. The predicted molar refractivity (Wildman–Crippen MR) is 55.6 cm³/mol. The molecular formula is C10H13GeNO. The van der Waals surface area contributed by atoms with Gasteiger partial charge >= 0.3 is 80.9 Å². The van der Waals surface area contributed by atoms with Crippen LogP contribution in [0.1, 0.15) is 5.76 Å². The van der Waals surface area contributed by atoms with Gasteiger partial charge in [-0.25, -0.2) is 0 Å². The third-order valence-corrected chi connectivity index (χ3v) is 5.69. The van der Waals surface area contributed by atoms with Gasteiger partial charge in [0.05, 0.1) is 0 Å². The van der Waals surface area contributed by atoms with E-state index in [9.17, 15) is 0 Å². The Balaban J connectivity index is 2.99. The maximum atomic E-state index is 8.95. The molecule has 0 N–H and O–H groups in total. The van der Waals surface area contributed by atoms with Crippen LogP contribution >= 0.6 is 0 Å². The first-order valence-corrected chi connectivity index (χ1v) is 11.5. The summed E-state index contributed by atoms with van der Waals surface area (Å²) in [5.74, 6) is 7.35. The van der Waals surface area contributed by atoms with Gasteiger partial charge in [-0.1, -0.05) is 0 Å². The average Bonchev–Trinajstić information content (AvgIpc) is 2.49. The number of hydrogen-bond acceptors (Lipinski definition) is 2. The van der Waals surface area contributed by atoms with E-state index in [2.05, 4.69) is 23.3 Å². The minimum atomic E-state index is -1.99. The standard InChI is InChI=1S/C10H13GeNO/c1-11(2,3)9(8-12)7-10-5-4-6-13-10/h4-7H,1-3H3/b9-7+. The summed E-state index contributed by atoms with van der Waals surface area (Å²) in [5, 5.41) is 8.95. The summed E-state index contributed by atoms with van der Waals surface area (Å²) in [7, 11) is 0. The molecule has 0 aliphatic rings. The van der Waals surface area contributed by atoms with Crippen LogP contribution in [0.2, 0.25) is 17.3 Å². The number of hydrogen-bond donors (Lipinski definition) is 0. The Morgan fingerprint density at radius 1 is 1.54 bits per heavy atom. The Hall–Kier alpha value is -0.947. The summed E-state index contributed by atoms with van der Waals surface area (Å²) in [6.45, 7) is 0. The molecule has 68 valence electrons. The minimum absolute atomic E-state index is 0.775. The van der Waals surface area contributed by atoms with Gasteiger partial charge in [0.15, 0.2) is 0 Å². The van der Waals surface area contributed by atoms with Crippen molar-refractivity contribution >= 4 is 19.3 Å². The third-order valence-electron chi connectivity index (χ3n) is 1.76. The first kappa shape index (κ1) is 10.1. The molecule has 0 aliphatic heterocycles. The van der Waals surface area contributed by atoms with Crippen molar-refractivity contribution in [3.63, 3.8) is 0 Å². The molecular weight excluding hydrogens is 223 g/mol. The van der Waals surface area contributed by atoms with Gasteiger partial charge < -0.3 is 0 Å². The van der Waals surface area contributed by atoms with E-state index in [0.29, 0.717) is 0 Å². The van der Waals surface area contributed by atoms with Crippen LogP contribution in [0.25, 0.3) is 6.08 Å². The fraction of sp³-hybridized carbons (Fsp3) is 0.300. The van der Waals surface area contributed by atoms with Crippen molar-refractivity contribution in [2.75, 3.05) is 0 Å². The second-order valence-corrected chi connectivity index (χ2v) is 14.5. The molecule has 0 spiro atoms. The Bertz CT molecular complexity index is 338. The van der Waals surface area contributed by atoms with E-state index in [1.807, 2.05) is 18.2 Å². The average molecular weight is 236 g/mol. The zero-order valence-electron chi connectivity index (χ0n) is 8.16. The second-order valence-electron chi connectivity index (χ2n) is 3.94. The summed E-state index contributed by atoms with van der Waals surface area (Å²) in [6, 6.07) is 5.96. The number of rotatable bonds is 2. The molecule has 1 rings (SSSR count). The van der Waals surface area contributed by atoms with Crippen molar-refractivity contribution in [1.29, 1.82) is 5.26 Å². The molecule has 0 saturated heterocycles. The monoisotopic (exact) mass is 237 g/mol. The van der Waals surface area contributed by atoms with E-state index >= 15 is 0 Å². The van der Waals surface area contributed by atoms with Gasteiger partial charge in [-0.05, 0) is 0 Å². The Morgan fingerprint density at radius 3 is 2.62 bits per heavy atom. The summed E-state index contributed by atoms with van der Waals surface area (Å²) in [6.07, 6.45) is 3.48. The SMILES string of the molecule is [CH3][Ge]([CH3])([CH3])/[C](C#N)=C/c1ccco1. The molecule has 13 heavy (non-hydrogen) atoms.